The van der Waals surface area contributed by atoms with Crippen LogP contribution in [0.25, 0.3) is 10.9 Å². The first-order valence-electron chi connectivity index (χ1n) is 8.69. The third kappa shape index (κ3) is 2.30. The molecular weight excluding hydrogens is 384 g/mol. The molecule has 0 aliphatic heterocycles. The number of rotatable bonds is 2. The van der Waals surface area contributed by atoms with E-state index in [2.05, 4.69) is 15.9 Å². The van der Waals surface area contributed by atoms with Gasteiger partial charge in [0.05, 0.1) is 16.3 Å². The predicted molar refractivity (Wildman–Crippen MR) is 98.9 cm³/mol. The number of benzene rings is 1. The van der Waals surface area contributed by atoms with Crippen LogP contribution in [-0.2, 0) is 17.3 Å². The van der Waals surface area contributed by atoms with Crippen LogP contribution in [0, 0.1) is 12.3 Å². The first-order chi connectivity index (χ1) is 11.8. The largest absolute Gasteiger partial charge is 0.481 e. The van der Waals surface area contributed by atoms with Gasteiger partial charge in [0.1, 0.15) is 5.82 Å². The van der Waals surface area contributed by atoms with Crippen LogP contribution in [0.2, 0.25) is 0 Å². The summed E-state index contributed by atoms with van der Waals surface area (Å²) in [6, 6.07) is 3.86. The molecule has 3 fully saturated rings. The Morgan fingerprint density at radius 1 is 1.20 bits per heavy atom. The van der Waals surface area contributed by atoms with Crippen LogP contribution in [0.3, 0.4) is 0 Å². The third-order valence-corrected chi connectivity index (χ3v) is 7.06. The minimum absolute atomic E-state index is 0.0283. The average molecular weight is 405 g/mol. The zero-order chi connectivity index (χ0) is 18.0. The summed E-state index contributed by atoms with van der Waals surface area (Å²) in [6.45, 7) is 1.96. The summed E-state index contributed by atoms with van der Waals surface area (Å²) in [5, 5.41) is 10.2. The van der Waals surface area contributed by atoms with Gasteiger partial charge >= 0.3 is 5.97 Å². The number of nitrogens with zero attached hydrogens (tertiary/aromatic N) is 2. The van der Waals surface area contributed by atoms with Gasteiger partial charge in [0.15, 0.2) is 0 Å². The molecule has 0 spiro atoms. The van der Waals surface area contributed by atoms with Gasteiger partial charge in [0.2, 0.25) is 0 Å². The van der Waals surface area contributed by atoms with Crippen molar-refractivity contribution in [3.63, 3.8) is 0 Å². The van der Waals surface area contributed by atoms with Crippen molar-refractivity contribution in [1.29, 1.82) is 0 Å². The van der Waals surface area contributed by atoms with Crippen molar-refractivity contribution in [2.75, 3.05) is 0 Å². The SMILES string of the molecule is Cc1cc(Br)c2nc(C34CCC(C(=O)O)(CC3)CC4)n(C)c(=O)c2c1. The highest BCUT2D eigenvalue weighted by molar-refractivity contribution is 9.10. The van der Waals surface area contributed by atoms with Crippen molar-refractivity contribution in [1.82, 2.24) is 9.55 Å². The minimum Gasteiger partial charge on any atom is -0.481 e. The Morgan fingerprint density at radius 2 is 1.80 bits per heavy atom. The fraction of sp³-hybridized carbons (Fsp3) is 0.526. The van der Waals surface area contributed by atoms with Gasteiger partial charge < -0.3 is 5.11 Å². The standard InChI is InChI=1S/C19H21BrN2O3/c1-11-9-12-14(13(20)10-11)21-16(22(2)15(12)23)18-3-6-19(7-4-18,8-5-18)17(24)25/h9-10H,3-8H2,1-2H3,(H,24,25). The summed E-state index contributed by atoms with van der Waals surface area (Å²) in [5.41, 5.74) is 0.961. The van der Waals surface area contributed by atoms with Crippen LogP contribution in [0.4, 0.5) is 0 Å². The number of hydrogen-bond acceptors (Lipinski definition) is 3. The van der Waals surface area contributed by atoms with E-state index in [0.717, 1.165) is 35.1 Å². The summed E-state index contributed by atoms with van der Waals surface area (Å²) in [7, 11) is 1.79. The Kier molecular flexibility index (Phi) is 3.62. The van der Waals surface area contributed by atoms with E-state index < -0.39 is 11.4 Å². The summed E-state index contributed by atoms with van der Waals surface area (Å²) >= 11 is 3.55. The second-order valence-corrected chi connectivity index (χ2v) is 8.66. The van der Waals surface area contributed by atoms with E-state index >= 15 is 0 Å². The fourth-order valence-electron chi connectivity index (χ4n) is 4.79. The minimum atomic E-state index is -0.667. The van der Waals surface area contributed by atoms with Crippen LogP contribution in [0.1, 0.15) is 49.9 Å². The number of carboxylic acids is 1. The summed E-state index contributed by atoms with van der Waals surface area (Å²) < 4.78 is 2.53. The van der Waals surface area contributed by atoms with Crippen LogP contribution < -0.4 is 5.56 Å². The lowest BCUT2D eigenvalue weighted by molar-refractivity contribution is -0.156. The highest BCUT2D eigenvalue weighted by Gasteiger charge is 2.54. The van der Waals surface area contributed by atoms with Crippen molar-refractivity contribution in [2.45, 2.75) is 50.9 Å². The molecule has 25 heavy (non-hydrogen) atoms. The van der Waals surface area contributed by atoms with Gasteiger partial charge in [-0.15, -0.1) is 0 Å². The monoisotopic (exact) mass is 404 g/mol. The molecule has 3 aliphatic rings. The molecule has 0 radical (unpaired) electrons. The molecule has 0 amide bonds. The second kappa shape index (κ2) is 5.40. The van der Waals surface area contributed by atoms with E-state index in [1.807, 2.05) is 19.1 Å². The van der Waals surface area contributed by atoms with Crippen LogP contribution in [0.15, 0.2) is 21.4 Å². The number of halogens is 1. The lowest BCUT2D eigenvalue weighted by atomic mass is 9.53. The molecule has 3 aliphatic carbocycles. The van der Waals surface area contributed by atoms with E-state index in [1.165, 1.54) is 0 Å². The molecule has 132 valence electrons. The van der Waals surface area contributed by atoms with E-state index in [1.54, 1.807) is 11.6 Å². The predicted octanol–water partition coefficient (Wildman–Crippen LogP) is 3.68. The van der Waals surface area contributed by atoms with Crippen molar-refractivity contribution >= 4 is 32.8 Å². The van der Waals surface area contributed by atoms with E-state index in [9.17, 15) is 14.7 Å². The molecular formula is C19H21BrN2O3. The molecule has 0 atom stereocenters. The first kappa shape index (κ1) is 16.8. The van der Waals surface area contributed by atoms with Crippen molar-refractivity contribution in [2.24, 2.45) is 12.5 Å². The van der Waals surface area contributed by atoms with Gasteiger partial charge in [0.25, 0.3) is 5.56 Å². The maximum absolute atomic E-state index is 12.9. The summed E-state index contributed by atoms with van der Waals surface area (Å²) in [6.07, 6.45) is 4.37. The number of aromatic nitrogens is 2. The number of carboxylic acid groups (broad SMARTS) is 1. The normalized spacial score (nSPS) is 28.4. The smallest absolute Gasteiger partial charge is 0.309 e. The van der Waals surface area contributed by atoms with Gasteiger partial charge in [-0.1, -0.05) is 0 Å². The third-order valence-electron chi connectivity index (χ3n) is 6.45. The molecule has 1 N–H and O–H groups in total. The Labute approximate surface area is 154 Å². The van der Waals surface area contributed by atoms with Gasteiger partial charge in [-0.05, 0) is 79.1 Å². The molecule has 6 heteroatoms. The molecule has 0 unspecified atom stereocenters. The molecule has 1 aromatic carbocycles. The lowest BCUT2D eigenvalue weighted by Crippen LogP contribution is -2.50. The van der Waals surface area contributed by atoms with Gasteiger partial charge in [-0.3, -0.25) is 14.2 Å². The maximum atomic E-state index is 12.9. The number of aryl methyl sites for hydroxylation is 1. The van der Waals surface area contributed by atoms with Crippen molar-refractivity contribution in [3.8, 4) is 0 Å². The quantitative estimate of drug-likeness (QED) is 0.828. The molecule has 2 bridgehead atoms. The molecule has 3 saturated carbocycles. The molecule has 0 saturated heterocycles. The molecule has 1 heterocycles. The molecule has 5 nitrogen and oxygen atoms in total. The lowest BCUT2D eigenvalue weighted by Gasteiger charge is -2.51. The number of carbonyl (C=O) groups is 1. The Bertz CT molecular complexity index is 939. The summed E-state index contributed by atoms with van der Waals surface area (Å²) in [5.74, 6) is 0.146. The molecule has 5 rings (SSSR count). The first-order valence-corrected chi connectivity index (χ1v) is 9.48. The zero-order valence-corrected chi connectivity index (χ0v) is 16.0. The number of aliphatic carboxylic acids is 1. The van der Waals surface area contributed by atoms with Crippen LogP contribution >= 0.6 is 15.9 Å². The second-order valence-electron chi connectivity index (χ2n) is 7.81. The van der Waals surface area contributed by atoms with Crippen molar-refractivity contribution < 1.29 is 9.90 Å². The fourth-order valence-corrected chi connectivity index (χ4v) is 5.45. The Morgan fingerprint density at radius 3 is 2.36 bits per heavy atom. The van der Waals surface area contributed by atoms with E-state index in [-0.39, 0.29) is 11.0 Å². The van der Waals surface area contributed by atoms with Gasteiger partial charge in [-0.2, -0.15) is 0 Å². The maximum Gasteiger partial charge on any atom is 0.309 e. The molecule has 1 aromatic heterocycles. The number of fused-ring (bicyclic) bond motifs is 4. The van der Waals surface area contributed by atoms with Crippen molar-refractivity contribution in [3.05, 3.63) is 38.3 Å². The Balaban J connectivity index is 1.88. The number of hydrogen-bond donors (Lipinski definition) is 1. The highest BCUT2D eigenvalue weighted by Crippen LogP contribution is 2.57. The topological polar surface area (TPSA) is 72.2 Å². The van der Waals surface area contributed by atoms with Crippen LogP contribution in [0.5, 0.6) is 0 Å². The Hall–Kier alpha value is -1.69. The van der Waals surface area contributed by atoms with E-state index in [0.29, 0.717) is 30.2 Å². The van der Waals surface area contributed by atoms with E-state index in [4.69, 9.17) is 4.98 Å². The molecule has 2 aromatic rings. The van der Waals surface area contributed by atoms with Gasteiger partial charge in [-0.25, -0.2) is 4.98 Å². The zero-order valence-electron chi connectivity index (χ0n) is 14.4. The highest BCUT2D eigenvalue weighted by atomic mass is 79.9. The average Bonchev–Trinajstić information content (AvgIpc) is 2.60. The van der Waals surface area contributed by atoms with Crippen LogP contribution in [-0.4, -0.2) is 20.6 Å². The summed E-state index contributed by atoms with van der Waals surface area (Å²) in [4.78, 5) is 29.5. The van der Waals surface area contributed by atoms with Gasteiger partial charge in [0, 0.05) is 16.9 Å².